The van der Waals surface area contributed by atoms with Gasteiger partial charge in [0.15, 0.2) is 0 Å². The van der Waals surface area contributed by atoms with Crippen molar-refractivity contribution in [1.29, 1.82) is 0 Å². The number of benzene rings is 2. The highest BCUT2D eigenvalue weighted by molar-refractivity contribution is 7.09. The van der Waals surface area contributed by atoms with Crippen LogP contribution in [0.5, 0.6) is 11.5 Å². The smallest absolute Gasteiger partial charge is 0.295 e. The van der Waals surface area contributed by atoms with Crippen molar-refractivity contribution in [2.24, 2.45) is 0 Å². The quantitative estimate of drug-likeness (QED) is 0.353. The molecule has 158 valence electrons. The summed E-state index contributed by atoms with van der Waals surface area (Å²) in [4.78, 5) is 28.6. The largest absolute Gasteiger partial charge is 0.507 e. The number of Topliss-reactive ketones (excluding diaryl/α,β-unsaturated/α-hetero) is 1. The van der Waals surface area contributed by atoms with E-state index < -0.39 is 17.7 Å². The molecule has 1 aliphatic rings. The van der Waals surface area contributed by atoms with Crippen molar-refractivity contribution in [3.63, 3.8) is 0 Å². The van der Waals surface area contributed by atoms with Crippen LogP contribution >= 0.6 is 11.3 Å². The topological polar surface area (TPSA) is 76.1 Å². The number of ether oxygens (including phenoxy) is 2. The minimum Gasteiger partial charge on any atom is -0.507 e. The number of hydrogen-bond donors (Lipinski definition) is 1. The number of aliphatic hydroxyl groups is 1. The average Bonchev–Trinajstić information content (AvgIpc) is 3.41. The molecule has 1 amide bonds. The van der Waals surface area contributed by atoms with Crippen LogP contribution in [0.2, 0.25) is 0 Å². The van der Waals surface area contributed by atoms with Gasteiger partial charge in [0.25, 0.3) is 11.7 Å². The van der Waals surface area contributed by atoms with E-state index in [0.29, 0.717) is 22.6 Å². The summed E-state index contributed by atoms with van der Waals surface area (Å²) in [5.74, 6) is -0.451. The van der Waals surface area contributed by atoms with Crippen LogP contribution in [0.15, 0.2) is 71.6 Å². The fourth-order valence-corrected chi connectivity index (χ4v) is 4.44. The second kappa shape index (κ2) is 8.65. The van der Waals surface area contributed by atoms with Crippen LogP contribution in [0.1, 0.15) is 22.0 Å². The zero-order valence-electron chi connectivity index (χ0n) is 17.1. The third kappa shape index (κ3) is 3.80. The van der Waals surface area contributed by atoms with Gasteiger partial charge in [-0.1, -0.05) is 24.3 Å². The highest BCUT2D eigenvalue weighted by Crippen LogP contribution is 2.43. The van der Waals surface area contributed by atoms with E-state index >= 15 is 0 Å². The molecule has 1 aromatic heterocycles. The van der Waals surface area contributed by atoms with Crippen molar-refractivity contribution in [3.8, 4) is 11.5 Å². The van der Waals surface area contributed by atoms with Gasteiger partial charge in [0, 0.05) is 16.0 Å². The summed E-state index contributed by atoms with van der Waals surface area (Å²) in [6.45, 7) is 0.254. The van der Waals surface area contributed by atoms with E-state index in [9.17, 15) is 14.7 Å². The Labute approximate surface area is 184 Å². The summed E-state index contributed by atoms with van der Waals surface area (Å²) >= 11 is 1.50. The first-order valence-corrected chi connectivity index (χ1v) is 10.5. The Morgan fingerprint density at radius 2 is 1.74 bits per heavy atom. The van der Waals surface area contributed by atoms with Gasteiger partial charge in [-0.2, -0.15) is 0 Å². The molecule has 0 bridgehead atoms. The predicted octanol–water partition coefficient (Wildman–Crippen LogP) is 4.39. The summed E-state index contributed by atoms with van der Waals surface area (Å²) < 4.78 is 10.7. The zero-order valence-corrected chi connectivity index (χ0v) is 17.9. The molecule has 1 saturated heterocycles. The average molecular weight is 436 g/mol. The van der Waals surface area contributed by atoms with E-state index in [4.69, 9.17) is 9.47 Å². The number of hydrogen-bond acceptors (Lipinski definition) is 6. The number of rotatable bonds is 6. The normalized spacial score (nSPS) is 17.7. The van der Waals surface area contributed by atoms with Gasteiger partial charge in [-0.15, -0.1) is 11.3 Å². The molecule has 1 unspecified atom stereocenters. The second-order valence-electron chi connectivity index (χ2n) is 6.98. The Morgan fingerprint density at radius 3 is 2.39 bits per heavy atom. The van der Waals surface area contributed by atoms with Gasteiger partial charge in [-0.05, 0) is 41.8 Å². The molecular weight excluding hydrogens is 414 g/mol. The number of para-hydroxylation sites is 1. The molecule has 1 atom stereocenters. The molecule has 1 aliphatic heterocycles. The molecule has 2 heterocycles. The van der Waals surface area contributed by atoms with Crippen LogP contribution in [0, 0.1) is 0 Å². The maximum atomic E-state index is 13.1. The van der Waals surface area contributed by atoms with Crippen molar-refractivity contribution in [1.82, 2.24) is 4.90 Å². The van der Waals surface area contributed by atoms with Crippen LogP contribution in [0.4, 0.5) is 0 Å². The number of carbonyl (C=O) groups is 2. The first-order valence-electron chi connectivity index (χ1n) is 9.63. The third-order valence-electron chi connectivity index (χ3n) is 5.24. The molecule has 1 fully saturated rings. The highest BCUT2D eigenvalue weighted by Gasteiger charge is 2.47. The first kappa shape index (κ1) is 20.7. The Morgan fingerprint density at radius 1 is 1.00 bits per heavy atom. The van der Waals surface area contributed by atoms with E-state index in [-0.39, 0.29) is 17.9 Å². The maximum Gasteiger partial charge on any atom is 0.295 e. The van der Waals surface area contributed by atoms with Crippen LogP contribution in [0.3, 0.4) is 0 Å². The summed E-state index contributed by atoms with van der Waals surface area (Å²) in [5, 5.41) is 13.0. The highest BCUT2D eigenvalue weighted by atomic mass is 32.1. The lowest BCUT2D eigenvalue weighted by molar-refractivity contribution is -0.140. The van der Waals surface area contributed by atoms with E-state index in [1.807, 2.05) is 29.6 Å². The molecule has 3 aromatic rings. The third-order valence-corrected chi connectivity index (χ3v) is 6.10. The van der Waals surface area contributed by atoms with Crippen LogP contribution < -0.4 is 9.47 Å². The lowest BCUT2D eigenvalue weighted by Gasteiger charge is -2.26. The van der Waals surface area contributed by atoms with Gasteiger partial charge in [0.05, 0.1) is 32.4 Å². The molecule has 0 spiro atoms. The van der Waals surface area contributed by atoms with Gasteiger partial charge < -0.3 is 19.5 Å². The SMILES string of the molecule is COc1ccc(/C(O)=C2/C(=O)C(=O)N(Cc3cccs3)C2c2ccccc2OC)cc1. The van der Waals surface area contributed by atoms with Crippen LogP contribution in [0.25, 0.3) is 5.76 Å². The lowest BCUT2D eigenvalue weighted by Crippen LogP contribution is -2.29. The number of aliphatic hydroxyl groups excluding tert-OH is 1. The van der Waals surface area contributed by atoms with Crippen LogP contribution in [-0.4, -0.2) is 35.9 Å². The van der Waals surface area contributed by atoms with Crippen molar-refractivity contribution < 1.29 is 24.2 Å². The Hall–Kier alpha value is -3.58. The van der Waals surface area contributed by atoms with Crippen molar-refractivity contribution in [2.45, 2.75) is 12.6 Å². The Balaban J connectivity index is 1.88. The number of methoxy groups -OCH3 is 2. The summed E-state index contributed by atoms with van der Waals surface area (Å²) in [6, 6.07) is 16.9. The zero-order chi connectivity index (χ0) is 22.0. The maximum absolute atomic E-state index is 13.1. The lowest BCUT2D eigenvalue weighted by atomic mass is 9.94. The molecule has 31 heavy (non-hydrogen) atoms. The van der Waals surface area contributed by atoms with Crippen molar-refractivity contribution in [3.05, 3.63) is 87.6 Å². The van der Waals surface area contributed by atoms with E-state index in [0.717, 1.165) is 4.88 Å². The van der Waals surface area contributed by atoms with E-state index in [1.165, 1.54) is 23.3 Å². The number of nitrogens with zero attached hydrogens (tertiary/aromatic N) is 1. The molecule has 7 heteroatoms. The van der Waals surface area contributed by atoms with Gasteiger partial charge in [-0.25, -0.2) is 0 Å². The monoisotopic (exact) mass is 435 g/mol. The van der Waals surface area contributed by atoms with Crippen molar-refractivity contribution in [2.75, 3.05) is 14.2 Å². The number of likely N-dealkylation sites (tertiary alicyclic amines) is 1. The number of thiophene rings is 1. The van der Waals surface area contributed by atoms with Gasteiger partial charge >= 0.3 is 0 Å². The molecule has 0 saturated carbocycles. The molecule has 0 aliphatic carbocycles. The predicted molar refractivity (Wildman–Crippen MR) is 118 cm³/mol. The fourth-order valence-electron chi connectivity index (χ4n) is 3.73. The van der Waals surface area contributed by atoms with Gasteiger partial charge in [-0.3, -0.25) is 9.59 Å². The molecule has 1 N–H and O–H groups in total. The molecule has 2 aromatic carbocycles. The molecule has 0 radical (unpaired) electrons. The van der Waals surface area contributed by atoms with Gasteiger partial charge in [0.2, 0.25) is 0 Å². The van der Waals surface area contributed by atoms with E-state index in [1.54, 1.807) is 43.5 Å². The van der Waals surface area contributed by atoms with Gasteiger partial charge in [0.1, 0.15) is 17.3 Å². The Bertz CT molecular complexity index is 1140. The fraction of sp³-hybridized carbons (Fsp3) is 0.167. The van der Waals surface area contributed by atoms with E-state index in [2.05, 4.69) is 0 Å². The van der Waals surface area contributed by atoms with Crippen LogP contribution in [-0.2, 0) is 16.1 Å². The number of amides is 1. The molecule has 6 nitrogen and oxygen atoms in total. The second-order valence-corrected chi connectivity index (χ2v) is 8.01. The number of carbonyl (C=O) groups excluding carboxylic acids is 2. The summed E-state index contributed by atoms with van der Waals surface area (Å²) in [6.07, 6.45) is 0. The Kier molecular flexibility index (Phi) is 5.77. The number of ketones is 1. The first-order chi connectivity index (χ1) is 15.0. The summed E-state index contributed by atoms with van der Waals surface area (Å²) in [5.41, 5.74) is 1.10. The minimum atomic E-state index is -0.777. The standard InChI is InChI=1S/C24H21NO5S/c1-29-16-11-9-15(10-12-16)22(26)20-21(18-7-3-4-8-19(18)30-2)25(24(28)23(20)27)14-17-6-5-13-31-17/h3-13,21,26H,14H2,1-2H3/b22-20-. The summed E-state index contributed by atoms with van der Waals surface area (Å²) in [7, 11) is 3.08. The minimum absolute atomic E-state index is 0.0382. The molecular formula is C24H21NO5S. The van der Waals surface area contributed by atoms with Crippen molar-refractivity contribution >= 4 is 28.8 Å². The molecule has 4 rings (SSSR count).